The van der Waals surface area contributed by atoms with Crippen molar-refractivity contribution < 1.29 is 9.90 Å². The van der Waals surface area contributed by atoms with Crippen LogP contribution in [0.4, 0.5) is 5.69 Å². The Morgan fingerprint density at radius 1 is 1.53 bits per heavy atom. The molecule has 100 valence electrons. The van der Waals surface area contributed by atoms with Crippen molar-refractivity contribution in [3.63, 3.8) is 0 Å². The van der Waals surface area contributed by atoms with Crippen molar-refractivity contribution in [1.82, 2.24) is 4.98 Å². The number of aromatic nitrogens is 1. The van der Waals surface area contributed by atoms with Crippen molar-refractivity contribution in [3.05, 3.63) is 46.4 Å². The van der Waals surface area contributed by atoms with Crippen LogP contribution in [0.5, 0.6) is 0 Å². The van der Waals surface area contributed by atoms with Gasteiger partial charge in [-0.15, -0.1) is 11.3 Å². The van der Waals surface area contributed by atoms with E-state index in [0.717, 1.165) is 6.42 Å². The van der Waals surface area contributed by atoms with Gasteiger partial charge in [0.05, 0.1) is 17.4 Å². The van der Waals surface area contributed by atoms with Gasteiger partial charge in [0.25, 0.3) is 0 Å². The van der Waals surface area contributed by atoms with Gasteiger partial charge in [-0.1, -0.05) is 6.07 Å². The van der Waals surface area contributed by atoms with E-state index in [2.05, 4.69) is 23.4 Å². The molecule has 0 saturated carbocycles. The first kappa shape index (κ1) is 13.5. The molecule has 0 amide bonds. The van der Waals surface area contributed by atoms with Gasteiger partial charge in [-0.05, 0) is 24.4 Å². The molecule has 0 saturated heterocycles. The Hall–Kier alpha value is -1.88. The number of carboxylic acids is 1. The molecule has 4 nitrogen and oxygen atoms in total. The maximum absolute atomic E-state index is 11.2. The highest BCUT2D eigenvalue weighted by Gasteiger charge is 2.17. The average Bonchev–Trinajstić information content (AvgIpc) is 2.90. The summed E-state index contributed by atoms with van der Waals surface area (Å²) in [6.07, 6.45) is 4.00. The quantitative estimate of drug-likeness (QED) is 0.912. The van der Waals surface area contributed by atoms with Crippen LogP contribution in [0.3, 0.4) is 0 Å². The van der Waals surface area contributed by atoms with E-state index in [9.17, 15) is 9.90 Å². The summed E-state index contributed by atoms with van der Waals surface area (Å²) in [5.41, 5.74) is 0.939. The topological polar surface area (TPSA) is 53.4 Å². The Bertz CT molecular complexity index is 554. The smallest absolute Gasteiger partial charge is 0.337 e. The number of anilines is 1. The normalized spacial score (nSPS) is 12.1. The minimum Gasteiger partial charge on any atom is -0.478 e. The van der Waals surface area contributed by atoms with Gasteiger partial charge in [-0.25, -0.2) is 4.79 Å². The number of rotatable bonds is 5. The molecule has 19 heavy (non-hydrogen) atoms. The first-order valence-electron chi connectivity index (χ1n) is 6.02. The summed E-state index contributed by atoms with van der Waals surface area (Å²) < 4.78 is 0. The lowest BCUT2D eigenvalue weighted by atomic mass is 10.1. The summed E-state index contributed by atoms with van der Waals surface area (Å²) in [6.45, 7) is 2.08. The molecular formula is C14H16N2O2S. The van der Waals surface area contributed by atoms with Crippen LogP contribution in [0.15, 0.2) is 36.0 Å². The van der Waals surface area contributed by atoms with Crippen LogP contribution in [0, 0.1) is 0 Å². The zero-order valence-electron chi connectivity index (χ0n) is 10.9. The number of nitrogens with zero attached hydrogens (tertiary/aromatic N) is 2. The Balaban J connectivity index is 2.19. The standard InChI is InChI=1S/C14H16N2O2S/c1-10(8-11-4-3-7-19-11)16(2)13-9-15-6-5-12(13)14(17)18/h3-7,9-10H,8H2,1-2H3,(H,17,18). The summed E-state index contributed by atoms with van der Waals surface area (Å²) >= 11 is 1.72. The molecule has 2 aromatic rings. The van der Waals surface area contributed by atoms with Crippen LogP contribution in [0.1, 0.15) is 22.2 Å². The van der Waals surface area contributed by atoms with Crippen molar-refractivity contribution in [2.45, 2.75) is 19.4 Å². The SMILES string of the molecule is CC(Cc1cccs1)N(C)c1cnccc1C(=O)O. The molecule has 0 radical (unpaired) electrons. The van der Waals surface area contributed by atoms with Crippen molar-refractivity contribution >= 4 is 23.0 Å². The maximum atomic E-state index is 11.2. The lowest BCUT2D eigenvalue weighted by Crippen LogP contribution is -2.31. The first-order chi connectivity index (χ1) is 9.09. The highest BCUT2D eigenvalue weighted by Crippen LogP contribution is 2.22. The van der Waals surface area contributed by atoms with Gasteiger partial charge in [0, 0.05) is 30.6 Å². The van der Waals surface area contributed by atoms with Gasteiger partial charge in [-0.2, -0.15) is 0 Å². The van der Waals surface area contributed by atoms with E-state index in [-0.39, 0.29) is 11.6 Å². The molecule has 0 fully saturated rings. The van der Waals surface area contributed by atoms with Gasteiger partial charge in [-0.3, -0.25) is 4.98 Å². The summed E-state index contributed by atoms with van der Waals surface area (Å²) in [5, 5.41) is 11.3. The fourth-order valence-electron chi connectivity index (χ4n) is 1.94. The number of pyridine rings is 1. The van der Waals surface area contributed by atoms with E-state index in [4.69, 9.17) is 0 Å². The summed E-state index contributed by atoms with van der Waals surface area (Å²) in [5.74, 6) is -0.924. The van der Waals surface area contributed by atoms with Gasteiger partial charge in [0.2, 0.25) is 0 Å². The minimum absolute atomic E-state index is 0.209. The number of carboxylic acid groups (broad SMARTS) is 1. The zero-order chi connectivity index (χ0) is 13.8. The van der Waals surface area contributed by atoms with Crippen molar-refractivity contribution in [1.29, 1.82) is 0 Å². The van der Waals surface area contributed by atoms with Crippen LogP contribution in [-0.2, 0) is 6.42 Å². The molecule has 0 aliphatic carbocycles. The highest BCUT2D eigenvalue weighted by atomic mass is 32.1. The molecule has 0 bridgehead atoms. The first-order valence-corrected chi connectivity index (χ1v) is 6.90. The lowest BCUT2D eigenvalue weighted by molar-refractivity contribution is 0.0697. The molecule has 2 aromatic heterocycles. The zero-order valence-corrected chi connectivity index (χ0v) is 11.7. The Labute approximate surface area is 116 Å². The third-order valence-electron chi connectivity index (χ3n) is 3.15. The monoisotopic (exact) mass is 276 g/mol. The number of hydrogen-bond donors (Lipinski definition) is 1. The molecule has 0 aromatic carbocycles. The van der Waals surface area contributed by atoms with Crippen molar-refractivity contribution in [2.75, 3.05) is 11.9 Å². The molecule has 2 heterocycles. The van der Waals surface area contributed by atoms with Gasteiger partial charge in [0.15, 0.2) is 0 Å². The van der Waals surface area contributed by atoms with Gasteiger partial charge < -0.3 is 10.0 Å². The number of thiophene rings is 1. The van der Waals surface area contributed by atoms with Crippen LogP contribution in [0.2, 0.25) is 0 Å². The fraction of sp³-hybridized carbons (Fsp3) is 0.286. The Morgan fingerprint density at radius 2 is 2.32 bits per heavy atom. The van der Waals surface area contributed by atoms with E-state index in [1.807, 2.05) is 18.0 Å². The van der Waals surface area contributed by atoms with Gasteiger partial charge >= 0.3 is 5.97 Å². The van der Waals surface area contributed by atoms with Crippen LogP contribution >= 0.6 is 11.3 Å². The molecule has 0 spiro atoms. The maximum Gasteiger partial charge on any atom is 0.337 e. The fourth-order valence-corrected chi connectivity index (χ4v) is 2.77. The number of hydrogen-bond acceptors (Lipinski definition) is 4. The van der Waals surface area contributed by atoms with Crippen LogP contribution in [0.25, 0.3) is 0 Å². The summed E-state index contributed by atoms with van der Waals surface area (Å²) in [6, 6.07) is 5.86. The molecule has 0 aliphatic heterocycles. The second-order valence-corrected chi connectivity index (χ2v) is 5.47. The largest absolute Gasteiger partial charge is 0.478 e. The van der Waals surface area contributed by atoms with E-state index in [1.165, 1.54) is 17.1 Å². The second kappa shape index (κ2) is 5.84. The van der Waals surface area contributed by atoms with E-state index in [0.29, 0.717) is 5.69 Å². The molecule has 1 unspecified atom stereocenters. The number of likely N-dealkylation sites (N-methyl/N-ethyl adjacent to an activating group) is 1. The third kappa shape index (κ3) is 3.12. The minimum atomic E-state index is -0.924. The predicted molar refractivity (Wildman–Crippen MR) is 77.1 cm³/mol. The van der Waals surface area contributed by atoms with Crippen LogP contribution in [-0.4, -0.2) is 29.1 Å². The van der Waals surface area contributed by atoms with E-state index >= 15 is 0 Å². The number of aromatic carboxylic acids is 1. The second-order valence-electron chi connectivity index (χ2n) is 4.44. The highest BCUT2D eigenvalue weighted by molar-refractivity contribution is 7.09. The van der Waals surface area contributed by atoms with Crippen molar-refractivity contribution in [3.8, 4) is 0 Å². The van der Waals surface area contributed by atoms with Crippen molar-refractivity contribution in [2.24, 2.45) is 0 Å². The summed E-state index contributed by atoms with van der Waals surface area (Å²) in [7, 11) is 1.90. The van der Waals surface area contributed by atoms with E-state index < -0.39 is 5.97 Å². The predicted octanol–water partition coefficient (Wildman–Crippen LogP) is 2.91. The Morgan fingerprint density at radius 3 is 2.95 bits per heavy atom. The van der Waals surface area contributed by atoms with Crippen LogP contribution < -0.4 is 4.90 Å². The molecule has 2 rings (SSSR count). The van der Waals surface area contributed by atoms with Gasteiger partial charge in [0.1, 0.15) is 0 Å². The molecule has 1 N–H and O–H groups in total. The van der Waals surface area contributed by atoms with E-state index in [1.54, 1.807) is 17.5 Å². The average molecular weight is 276 g/mol. The third-order valence-corrected chi connectivity index (χ3v) is 4.05. The molecule has 0 aliphatic rings. The molecular weight excluding hydrogens is 260 g/mol. The lowest BCUT2D eigenvalue weighted by Gasteiger charge is -2.27. The summed E-state index contributed by atoms with van der Waals surface area (Å²) in [4.78, 5) is 18.5. The molecule has 5 heteroatoms. The Kier molecular flexibility index (Phi) is 4.16. The molecule has 1 atom stereocenters. The number of carbonyl (C=O) groups is 1.